The van der Waals surface area contributed by atoms with E-state index in [1.807, 2.05) is 0 Å². The lowest BCUT2D eigenvalue weighted by atomic mass is 10.0. The highest BCUT2D eigenvalue weighted by atomic mass is 19.4. The van der Waals surface area contributed by atoms with Crippen molar-refractivity contribution in [2.45, 2.75) is 12.3 Å². The van der Waals surface area contributed by atoms with Crippen molar-refractivity contribution < 1.29 is 27.2 Å². The Balaban J connectivity index is 1.78. The molecule has 0 bridgehead atoms. The van der Waals surface area contributed by atoms with Crippen molar-refractivity contribution in [3.8, 4) is 11.4 Å². The maximum atomic E-state index is 12.5. The second kappa shape index (κ2) is 6.28. The van der Waals surface area contributed by atoms with E-state index in [-0.39, 0.29) is 24.8 Å². The van der Waals surface area contributed by atoms with Gasteiger partial charge in [0, 0.05) is 18.4 Å². The zero-order valence-corrected chi connectivity index (χ0v) is 13.0. The van der Waals surface area contributed by atoms with E-state index in [1.54, 1.807) is 12.1 Å². The summed E-state index contributed by atoms with van der Waals surface area (Å²) in [6, 6.07) is 6.07. The minimum atomic E-state index is -4.70. The molecule has 2 heterocycles. The second-order valence-electron chi connectivity index (χ2n) is 5.46. The zero-order chi connectivity index (χ0) is 18.2. The van der Waals surface area contributed by atoms with Crippen molar-refractivity contribution in [1.29, 1.82) is 5.41 Å². The van der Waals surface area contributed by atoms with Gasteiger partial charge in [-0.05, 0) is 5.56 Å². The molecule has 1 amide bonds. The number of carbonyl (C=O) groups excluding carboxylic acids is 1. The van der Waals surface area contributed by atoms with Gasteiger partial charge in [-0.25, -0.2) is 0 Å². The van der Waals surface area contributed by atoms with Gasteiger partial charge in [0.15, 0.2) is 6.10 Å². The Labute approximate surface area is 139 Å². The van der Waals surface area contributed by atoms with Gasteiger partial charge in [-0.3, -0.25) is 4.79 Å². The molecule has 1 atom stereocenters. The summed E-state index contributed by atoms with van der Waals surface area (Å²) < 4.78 is 46.9. The predicted molar refractivity (Wildman–Crippen MR) is 78.8 cm³/mol. The van der Waals surface area contributed by atoms with E-state index in [1.165, 1.54) is 24.1 Å². The standard InChI is InChI=1S/C15H13F3N4O3/c1-24-11(13(23)22-6-10(19)7-22)8-2-4-9(5-3-8)12-20-14(25-21-12)15(16,17)18/h2-5,11,19H,6-7H2,1H3. The first-order chi connectivity index (χ1) is 11.8. The van der Waals surface area contributed by atoms with Crippen LogP contribution < -0.4 is 0 Å². The molecular weight excluding hydrogens is 341 g/mol. The van der Waals surface area contributed by atoms with Gasteiger partial charge in [-0.1, -0.05) is 29.4 Å². The summed E-state index contributed by atoms with van der Waals surface area (Å²) in [5.74, 6) is -1.89. The lowest BCUT2D eigenvalue weighted by molar-refractivity contribution is -0.159. The molecule has 1 unspecified atom stereocenters. The van der Waals surface area contributed by atoms with Crippen molar-refractivity contribution in [2.75, 3.05) is 20.2 Å². The molecule has 0 spiro atoms. The largest absolute Gasteiger partial charge is 0.471 e. The Hall–Kier alpha value is -2.75. The van der Waals surface area contributed by atoms with E-state index >= 15 is 0 Å². The number of nitrogens with one attached hydrogen (secondary N) is 1. The minimum absolute atomic E-state index is 0.199. The molecule has 132 valence electrons. The van der Waals surface area contributed by atoms with Crippen molar-refractivity contribution in [3.63, 3.8) is 0 Å². The quantitative estimate of drug-likeness (QED) is 0.910. The molecule has 10 heteroatoms. The molecule has 1 fully saturated rings. The summed E-state index contributed by atoms with van der Waals surface area (Å²) in [7, 11) is 1.39. The van der Waals surface area contributed by atoms with Crippen molar-refractivity contribution in [2.24, 2.45) is 0 Å². The summed E-state index contributed by atoms with van der Waals surface area (Å²) in [5, 5.41) is 10.7. The van der Waals surface area contributed by atoms with Gasteiger partial charge in [0.2, 0.25) is 5.82 Å². The number of aromatic nitrogens is 2. The molecule has 0 radical (unpaired) electrons. The van der Waals surface area contributed by atoms with Crippen LogP contribution in [0.1, 0.15) is 17.6 Å². The summed E-state index contributed by atoms with van der Waals surface area (Å²) in [6.45, 7) is 0.555. The van der Waals surface area contributed by atoms with Crippen LogP contribution in [0.3, 0.4) is 0 Å². The number of carbonyl (C=O) groups is 1. The molecule has 0 saturated carbocycles. The van der Waals surface area contributed by atoms with Crippen LogP contribution in [0.5, 0.6) is 0 Å². The first kappa shape index (κ1) is 17.1. The van der Waals surface area contributed by atoms with Gasteiger partial charge in [0.1, 0.15) is 0 Å². The monoisotopic (exact) mass is 354 g/mol. The van der Waals surface area contributed by atoms with E-state index in [0.717, 1.165) is 0 Å². The van der Waals surface area contributed by atoms with E-state index in [2.05, 4.69) is 14.7 Å². The number of methoxy groups -OCH3 is 1. The number of nitrogens with zero attached hydrogens (tertiary/aromatic N) is 3. The molecule has 1 aromatic heterocycles. The van der Waals surface area contributed by atoms with Crippen LogP contribution in [0.25, 0.3) is 11.4 Å². The fourth-order valence-corrected chi connectivity index (χ4v) is 2.38. The Kier molecular flexibility index (Phi) is 4.29. The highest BCUT2D eigenvalue weighted by Crippen LogP contribution is 2.30. The van der Waals surface area contributed by atoms with Crippen LogP contribution in [0.4, 0.5) is 13.2 Å². The van der Waals surface area contributed by atoms with Crippen LogP contribution in [0.15, 0.2) is 28.8 Å². The van der Waals surface area contributed by atoms with Gasteiger partial charge in [0.05, 0.1) is 13.1 Å². The third-order valence-electron chi connectivity index (χ3n) is 3.68. The molecule has 25 heavy (non-hydrogen) atoms. The highest BCUT2D eigenvalue weighted by molar-refractivity contribution is 5.99. The van der Waals surface area contributed by atoms with Crippen LogP contribution in [-0.4, -0.2) is 46.9 Å². The van der Waals surface area contributed by atoms with Crippen molar-refractivity contribution in [1.82, 2.24) is 15.0 Å². The number of benzene rings is 1. The maximum Gasteiger partial charge on any atom is 0.471 e. The predicted octanol–water partition coefficient (Wildman–Crippen LogP) is 2.30. The zero-order valence-electron chi connectivity index (χ0n) is 13.0. The van der Waals surface area contributed by atoms with E-state index in [9.17, 15) is 18.0 Å². The molecule has 1 saturated heterocycles. The Morgan fingerprint density at radius 2 is 1.96 bits per heavy atom. The topological polar surface area (TPSA) is 92.3 Å². The summed E-state index contributed by atoms with van der Waals surface area (Å²) in [5.41, 5.74) is 1.32. The summed E-state index contributed by atoms with van der Waals surface area (Å²) in [6.07, 6.45) is -5.55. The average molecular weight is 354 g/mol. The molecule has 1 aromatic carbocycles. The second-order valence-corrected chi connectivity index (χ2v) is 5.46. The van der Waals surface area contributed by atoms with Crippen LogP contribution in [0.2, 0.25) is 0 Å². The SMILES string of the molecule is COC(C(=O)N1CC(=N)C1)c1ccc(-c2noc(C(F)(F)F)n2)cc1. The number of ether oxygens (including phenoxy) is 1. The summed E-state index contributed by atoms with van der Waals surface area (Å²) >= 11 is 0. The molecular formula is C15H13F3N4O3. The van der Waals surface area contributed by atoms with Gasteiger partial charge in [-0.2, -0.15) is 18.2 Å². The number of halogens is 3. The lowest BCUT2D eigenvalue weighted by Gasteiger charge is -2.34. The van der Waals surface area contributed by atoms with Gasteiger partial charge in [-0.15, -0.1) is 0 Å². The first-order valence-electron chi connectivity index (χ1n) is 7.18. The van der Waals surface area contributed by atoms with E-state index in [0.29, 0.717) is 16.8 Å². The molecule has 1 aliphatic heterocycles. The summed E-state index contributed by atoms with van der Waals surface area (Å²) in [4.78, 5) is 17.1. The molecule has 7 nitrogen and oxygen atoms in total. The number of amides is 1. The van der Waals surface area contributed by atoms with E-state index in [4.69, 9.17) is 10.1 Å². The van der Waals surface area contributed by atoms with Crippen molar-refractivity contribution in [3.05, 3.63) is 35.7 Å². The number of hydrogen-bond donors (Lipinski definition) is 1. The van der Waals surface area contributed by atoms with Gasteiger partial charge in [0.25, 0.3) is 5.91 Å². The third-order valence-corrected chi connectivity index (χ3v) is 3.68. The van der Waals surface area contributed by atoms with Crippen LogP contribution in [-0.2, 0) is 15.7 Å². The number of rotatable bonds is 4. The van der Waals surface area contributed by atoms with Gasteiger partial charge < -0.3 is 19.6 Å². The van der Waals surface area contributed by atoms with Crippen LogP contribution in [0, 0.1) is 5.41 Å². The third kappa shape index (κ3) is 3.38. The smallest absolute Gasteiger partial charge is 0.367 e. The van der Waals surface area contributed by atoms with Crippen molar-refractivity contribution >= 4 is 11.6 Å². The Bertz CT molecular complexity index is 793. The number of hydrogen-bond acceptors (Lipinski definition) is 6. The number of likely N-dealkylation sites (tertiary alicyclic amines) is 1. The minimum Gasteiger partial charge on any atom is -0.367 e. The number of alkyl halides is 3. The lowest BCUT2D eigenvalue weighted by Crippen LogP contribution is -2.52. The average Bonchev–Trinajstić information content (AvgIpc) is 3.03. The highest BCUT2D eigenvalue weighted by Gasteiger charge is 2.38. The normalized spacial score (nSPS) is 15.8. The fourth-order valence-electron chi connectivity index (χ4n) is 2.38. The molecule has 2 aromatic rings. The Morgan fingerprint density at radius 3 is 2.44 bits per heavy atom. The fraction of sp³-hybridized carbons (Fsp3) is 0.333. The first-order valence-corrected chi connectivity index (χ1v) is 7.18. The van der Waals surface area contributed by atoms with Gasteiger partial charge >= 0.3 is 12.1 Å². The molecule has 3 rings (SSSR count). The molecule has 1 N–H and O–H groups in total. The maximum absolute atomic E-state index is 12.5. The molecule has 1 aliphatic rings. The van der Waals surface area contributed by atoms with Crippen LogP contribution >= 0.6 is 0 Å². The van der Waals surface area contributed by atoms with E-state index < -0.39 is 18.2 Å². The molecule has 0 aliphatic carbocycles. The Morgan fingerprint density at radius 1 is 1.32 bits per heavy atom.